The molecule has 0 atom stereocenters. The first-order valence-electron chi connectivity index (χ1n) is 7.22. The number of likely N-dealkylation sites (N-methyl/N-ethyl adjacent to an activating group) is 1. The molecule has 0 spiro atoms. The molecular formula is C17H21FN2OS. The minimum Gasteiger partial charge on any atom is -0.337 e. The molecule has 0 aliphatic carbocycles. The lowest BCUT2D eigenvalue weighted by molar-refractivity contribution is -0.131. The van der Waals surface area contributed by atoms with Crippen LogP contribution in [0.3, 0.4) is 0 Å². The van der Waals surface area contributed by atoms with Crippen molar-refractivity contribution in [1.29, 1.82) is 0 Å². The Labute approximate surface area is 135 Å². The van der Waals surface area contributed by atoms with Crippen LogP contribution in [0.1, 0.15) is 11.1 Å². The highest BCUT2D eigenvalue weighted by molar-refractivity contribution is 7.07. The maximum absolute atomic E-state index is 13.2. The maximum atomic E-state index is 13.2. The van der Waals surface area contributed by atoms with Gasteiger partial charge in [-0.15, -0.1) is 0 Å². The van der Waals surface area contributed by atoms with Crippen molar-refractivity contribution in [3.63, 3.8) is 0 Å². The van der Waals surface area contributed by atoms with Crippen LogP contribution in [-0.4, -0.2) is 42.9 Å². The van der Waals surface area contributed by atoms with Crippen LogP contribution in [0.25, 0.3) is 0 Å². The largest absolute Gasteiger partial charge is 0.337 e. The number of carbonyl (C=O) groups excluding carboxylic acids is 1. The van der Waals surface area contributed by atoms with Gasteiger partial charge in [-0.05, 0) is 54.2 Å². The van der Waals surface area contributed by atoms with Gasteiger partial charge in [-0.3, -0.25) is 4.79 Å². The molecule has 0 saturated heterocycles. The molecule has 0 bridgehead atoms. The maximum Gasteiger partial charge on any atom is 0.227 e. The smallest absolute Gasteiger partial charge is 0.227 e. The fourth-order valence-corrected chi connectivity index (χ4v) is 2.81. The number of nitrogens with zero attached hydrogens (tertiary/aromatic N) is 2. The minimum atomic E-state index is -0.303. The van der Waals surface area contributed by atoms with E-state index >= 15 is 0 Å². The van der Waals surface area contributed by atoms with Crippen molar-refractivity contribution in [3.8, 4) is 0 Å². The Hall–Kier alpha value is -1.72. The highest BCUT2D eigenvalue weighted by Crippen LogP contribution is 2.12. The predicted molar refractivity (Wildman–Crippen MR) is 88.4 cm³/mol. The number of hydrogen-bond acceptors (Lipinski definition) is 3. The van der Waals surface area contributed by atoms with Crippen LogP contribution in [0.4, 0.5) is 4.39 Å². The number of halogens is 1. The zero-order valence-corrected chi connectivity index (χ0v) is 13.8. The van der Waals surface area contributed by atoms with E-state index in [4.69, 9.17) is 0 Å². The number of rotatable bonds is 7. The Morgan fingerprint density at radius 1 is 1.18 bits per heavy atom. The standard InChI is InChI=1S/C17H21FN2OS/c1-19(2)7-8-20(12-15-6-9-22-13-15)17(21)11-14-4-3-5-16(18)10-14/h3-6,9-10,13H,7-8,11-12H2,1-2H3. The first kappa shape index (κ1) is 16.6. The summed E-state index contributed by atoms with van der Waals surface area (Å²) in [6.07, 6.45) is 0.231. The third kappa shape index (κ3) is 5.24. The summed E-state index contributed by atoms with van der Waals surface area (Å²) in [6, 6.07) is 8.27. The molecule has 1 amide bonds. The van der Waals surface area contributed by atoms with Gasteiger partial charge in [0.2, 0.25) is 5.91 Å². The van der Waals surface area contributed by atoms with Gasteiger partial charge in [-0.25, -0.2) is 4.39 Å². The molecule has 1 aromatic heterocycles. The molecule has 0 N–H and O–H groups in total. The lowest BCUT2D eigenvalue weighted by Gasteiger charge is -2.24. The summed E-state index contributed by atoms with van der Waals surface area (Å²) in [6.45, 7) is 2.07. The first-order valence-corrected chi connectivity index (χ1v) is 8.17. The van der Waals surface area contributed by atoms with Crippen molar-refractivity contribution in [1.82, 2.24) is 9.80 Å². The number of thiophene rings is 1. The zero-order valence-electron chi connectivity index (χ0n) is 13.0. The van der Waals surface area contributed by atoms with E-state index in [9.17, 15) is 9.18 Å². The molecule has 0 unspecified atom stereocenters. The third-order valence-corrected chi connectivity index (χ3v) is 4.10. The van der Waals surface area contributed by atoms with E-state index in [-0.39, 0.29) is 18.1 Å². The van der Waals surface area contributed by atoms with Crippen molar-refractivity contribution in [2.45, 2.75) is 13.0 Å². The average Bonchev–Trinajstić information content (AvgIpc) is 2.96. The molecule has 2 aromatic rings. The Morgan fingerprint density at radius 2 is 2.00 bits per heavy atom. The summed E-state index contributed by atoms with van der Waals surface area (Å²) >= 11 is 1.63. The molecule has 3 nitrogen and oxygen atoms in total. The molecule has 2 rings (SSSR count). The summed E-state index contributed by atoms with van der Waals surface area (Å²) in [4.78, 5) is 16.4. The van der Waals surface area contributed by atoms with Gasteiger partial charge < -0.3 is 9.80 Å². The fraction of sp³-hybridized carbons (Fsp3) is 0.353. The van der Waals surface area contributed by atoms with Gasteiger partial charge >= 0.3 is 0 Å². The third-order valence-electron chi connectivity index (χ3n) is 3.37. The number of benzene rings is 1. The summed E-state index contributed by atoms with van der Waals surface area (Å²) in [7, 11) is 3.97. The van der Waals surface area contributed by atoms with Gasteiger partial charge in [0.05, 0.1) is 6.42 Å². The Balaban J connectivity index is 2.04. The van der Waals surface area contributed by atoms with Gasteiger partial charge in [-0.2, -0.15) is 11.3 Å². The number of hydrogen-bond donors (Lipinski definition) is 0. The lowest BCUT2D eigenvalue weighted by atomic mass is 10.1. The monoisotopic (exact) mass is 320 g/mol. The van der Waals surface area contributed by atoms with Crippen LogP contribution < -0.4 is 0 Å². The van der Waals surface area contributed by atoms with Crippen molar-refractivity contribution in [2.24, 2.45) is 0 Å². The van der Waals surface area contributed by atoms with E-state index in [1.54, 1.807) is 23.5 Å². The molecule has 0 aliphatic heterocycles. The molecular weight excluding hydrogens is 299 g/mol. The Morgan fingerprint density at radius 3 is 2.64 bits per heavy atom. The van der Waals surface area contributed by atoms with Gasteiger partial charge in [0.1, 0.15) is 5.82 Å². The van der Waals surface area contributed by atoms with E-state index in [2.05, 4.69) is 10.3 Å². The second kappa shape index (κ2) is 8.06. The highest BCUT2D eigenvalue weighted by Gasteiger charge is 2.15. The van der Waals surface area contributed by atoms with Gasteiger partial charge in [-0.1, -0.05) is 12.1 Å². The van der Waals surface area contributed by atoms with E-state index in [0.717, 1.165) is 12.1 Å². The lowest BCUT2D eigenvalue weighted by Crippen LogP contribution is -2.37. The van der Waals surface area contributed by atoms with E-state index in [1.807, 2.05) is 30.4 Å². The number of carbonyl (C=O) groups is 1. The molecule has 5 heteroatoms. The molecule has 1 aromatic carbocycles. The van der Waals surface area contributed by atoms with Crippen LogP contribution in [0.5, 0.6) is 0 Å². The Bertz CT molecular complexity index is 598. The van der Waals surface area contributed by atoms with Crippen LogP contribution >= 0.6 is 11.3 Å². The SMILES string of the molecule is CN(C)CCN(Cc1ccsc1)C(=O)Cc1cccc(F)c1. The molecule has 118 valence electrons. The molecule has 0 aliphatic rings. The predicted octanol–water partition coefficient (Wildman–Crippen LogP) is 3.02. The summed E-state index contributed by atoms with van der Waals surface area (Å²) in [5.41, 5.74) is 1.85. The summed E-state index contributed by atoms with van der Waals surface area (Å²) < 4.78 is 13.2. The highest BCUT2D eigenvalue weighted by atomic mass is 32.1. The average molecular weight is 320 g/mol. The van der Waals surface area contributed by atoms with Gasteiger partial charge in [0.15, 0.2) is 0 Å². The summed E-state index contributed by atoms with van der Waals surface area (Å²) in [5, 5.41) is 4.06. The first-order chi connectivity index (χ1) is 10.5. The minimum absolute atomic E-state index is 0.0265. The molecule has 0 radical (unpaired) electrons. The van der Waals surface area contributed by atoms with Crippen LogP contribution in [0, 0.1) is 5.82 Å². The second-order valence-corrected chi connectivity index (χ2v) is 6.34. The van der Waals surface area contributed by atoms with Crippen LogP contribution in [0.2, 0.25) is 0 Å². The van der Waals surface area contributed by atoms with E-state index in [0.29, 0.717) is 18.7 Å². The molecule has 1 heterocycles. The molecule has 0 saturated carbocycles. The van der Waals surface area contributed by atoms with Gasteiger partial charge in [0, 0.05) is 19.6 Å². The summed E-state index contributed by atoms with van der Waals surface area (Å²) in [5.74, 6) is -0.276. The Kier molecular flexibility index (Phi) is 6.10. The van der Waals surface area contributed by atoms with E-state index in [1.165, 1.54) is 12.1 Å². The fourth-order valence-electron chi connectivity index (χ4n) is 2.15. The van der Waals surface area contributed by atoms with Crippen molar-refractivity contribution in [3.05, 3.63) is 58.0 Å². The van der Waals surface area contributed by atoms with Crippen molar-refractivity contribution >= 4 is 17.2 Å². The van der Waals surface area contributed by atoms with Gasteiger partial charge in [0.25, 0.3) is 0 Å². The van der Waals surface area contributed by atoms with Crippen molar-refractivity contribution in [2.75, 3.05) is 27.2 Å². The number of amides is 1. The van der Waals surface area contributed by atoms with Crippen molar-refractivity contribution < 1.29 is 9.18 Å². The van der Waals surface area contributed by atoms with Crippen LogP contribution in [0.15, 0.2) is 41.1 Å². The molecule has 22 heavy (non-hydrogen) atoms. The second-order valence-electron chi connectivity index (χ2n) is 5.56. The van der Waals surface area contributed by atoms with Crippen LogP contribution in [-0.2, 0) is 17.8 Å². The zero-order chi connectivity index (χ0) is 15.9. The molecule has 0 fully saturated rings. The normalized spacial score (nSPS) is 10.9. The van der Waals surface area contributed by atoms with E-state index < -0.39 is 0 Å². The quantitative estimate of drug-likeness (QED) is 0.783. The topological polar surface area (TPSA) is 23.6 Å².